The lowest BCUT2D eigenvalue weighted by molar-refractivity contribution is -0.385. The number of amides is 1. The monoisotopic (exact) mass is 378 g/mol. The molecule has 2 aromatic carbocycles. The van der Waals surface area contributed by atoms with Gasteiger partial charge in [0.1, 0.15) is 5.56 Å². The lowest BCUT2D eigenvalue weighted by atomic mass is 10.1. The third-order valence-corrected chi connectivity index (χ3v) is 3.90. The molecule has 2 aromatic rings. The molecule has 7 nitrogen and oxygen atoms in total. The molecule has 0 heterocycles. The molecule has 8 heteroatoms. The summed E-state index contributed by atoms with van der Waals surface area (Å²) in [5, 5.41) is 12.0. The molecule has 0 aliphatic heterocycles. The van der Waals surface area contributed by atoms with Crippen molar-refractivity contribution in [2.24, 2.45) is 0 Å². The molecule has 0 aliphatic rings. The Morgan fingerprint density at radius 2 is 2.00 bits per heavy atom. The number of benzene rings is 2. The molecule has 0 spiro atoms. The smallest absolute Gasteiger partial charge is 0.286 e. The van der Waals surface area contributed by atoms with Crippen molar-refractivity contribution in [3.63, 3.8) is 0 Å². The molecule has 0 unspecified atom stereocenters. The second-order valence-electron chi connectivity index (χ2n) is 5.50. The number of rotatable bonds is 7. The second kappa shape index (κ2) is 8.53. The fourth-order valence-electron chi connectivity index (χ4n) is 2.49. The van der Waals surface area contributed by atoms with E-state index in [0.717, 1.165) is 5.56 Å². The number of carbonyl (C=O) groups is 1. The van der Waals surface area contributed by atoms with Gasteiger partial charge in [0, 0.05) is 24.7 Å². The Morgan fingerprint density at radius 3 is 2.58 bits per heavy atom. The van der Waals surface area contributed by atoms with Gasteiger partial charge in [-0.15, -0.1) is 0 Å². The van der Waals surface area contributed by atoms with Gasteiger partial charge in [0.2, 0.25) is 0 Å². The first-order valence-electron chi connectivity index (χ1n) is 7.86. The molecule has 0 N–H and O–H groups in total. The van der Waals surface area contributed by atoms with Crippen molar-refractivity contribution >= 4 is 23.2 Å². The quantitative estimate of drug-likeness (QED) is 0.538. The minimum Gasteiger partial charge on any atom is -0.493 e. The zero-order valence-electron chi connectivity index (χ0n) is 14.7. The summed E-state index contributed by atoms with van der Waals surface area (Å²) >= 11 is 5.96. The van der Waals surface area contributed by atoms with Gasteiger partial charge >= 0.3 is 0 Å². The molecule has 138 valence electrons. The van der Waals surface area contributed by atoms with Crippen LogP contribution < -0.4 is 9.47 Å². The molecule has 0 saturated carbocycles. The van der Waals surface area contributed by atoms with Crippen molar-refractivity contribution in [2.75, 3.05) is 20.8 Å². The number of hydrogen-bond donors (Lipinski definition) is 0. The number of halogens is 1. The minimum atomic E-state index is -0.609. The Hall–Kier alpha value is -2.80. The van der Waals surface area contributed by atoms with E-state index >= 15 is 0 Å². The molecular weight excluding hydrogens is 360 g/mol. The van der Waals surface area contributed by atoms with Gasteiger partial charge in [-0.05, 0) is 24.6 Å². The Balaban J connectivity index is 2.38. The van der Waals surface area contributed by atoms with Crippen LogP contribution in [0.3, 0.4) is 0 Å². The number of carbonyl (C=O) groups excluding carboxylic acids is 1. The van der Waals surface area contributed by atoms with Gasteiger partial charge in [0.25, 0.3) is 11.6 Å². The van der Waals surface area contributed by atoms with Crippen LogP contribution in [0, 0.1) is 10.1 Å². The number of nitrogens with zero attached hydrogens (tertiary/aromatic N) is 2. The molecule has 0 radical (unpaired) electrons. The molecule has 2 rings (SSSR count). The van der Waals surface area contributed by atoms with E-state index in [0.29, 0.717) is 11.6 Å². The van der Waals surface area contributed by atoms with Crippen LogP contribution in [0.5, 0.6) is 11.5 Å². The normalized spacial score (nSPS) is 10.3. The third kappa shape index (κ3) is 4.43. The average Bonchev–Trinajstić information content (AvgIpc) is 2.60. The van der Waals surface area contributed by atoms with Gasteiger partial charge in [0.15, 0.2) is 11.5 Å². The molecule has 26 heavy (non-hydrogen) atoms. The van der Waals surface area contributed by atoms with Crippen LogP contribution in [-0.4, -0.2) is 36.5 Å². The first-order chi connectivity index (χ1) is 12.4. The van der Waals surface area contributed by atoms with Crippen LogP contribution in [0.25, 0.3) is 0 Å². The van der Waals surface area contributed by atoms with Crippen molar-refractivity contribution < 1.29 is 19.2 Å². The maximum absolute atomic E-state index is 12.8. The number of nitro benzene ring substituents is 1. The van der Waals surface area contributed by atoms with Crippen molar-refractivity contribution in [1.82, 2.24) is 4.90 Å². The summed E-state index contributed by atoms with van der Waals surface area (Å²) in [6.07, 6.45) is 0. The van der Waals surface area contributed by atoms with E-state index in [1.165, 1.54) is 24.1 Å². The van der Waals surface area contributed by atoms with Crippen LogP contribution in [0.4, 0.5) is 5.69 Å². The molecule has 0 saturated heterocycles. The topological polar surface area (TPSA) is 81.9 Å². The highest BCUT2D eigenvalue weighted by Crippen LogP contribution is 2.35. The van der Waals surface area contributed by atoms with Crippen LogP contribution >= 0.6 is 11.6 Å². The fourth-order valence-corrected chi connectivity index (χ4v) is 2.70. The van der Waals surface area contributed by atoms with Gasteiger partial charge in [-0.25, -0.2) is 0 Å². The SMILES string of the molecule is CCOc1cc([N+](=O)[O-])c(C(=O)N(C)Cc2cccc(Cl)c2)cc1OC. The van der Waals surface area contributed by atoms with Crippen LogP contribution in [-0.2, 0) is 6.54 Å². The predicted octanol–water partition coefficient (Wildman–Crippen LogP) is 3.93. The molecular formula is C18H19ClN2O5. The van der Waals surface area contributed by atoms with Crippen molar-refractivity contribution in [1.29, 1.82) is 0 Å². The van der Waals surface area contributed by atoms with Gasteiger partial charge < -0.3 is 14.4 Å². The van der Waals surface area contributed by atoms with E-state index in [2.05, 4.69) is 0 Å². The maximum Gasteiger partial charge on any atom is 0.286 e. The standard InChI is InChI=1S/C18H19ClN2O5/c1-4-26-17-10-15(21(23)24)14(9-16(17)25-3)18(22)20(2)11-12-6-5-7-13(19)8-12/h5-10H,4,11H2,1-3H3. The van der Waals surface area contributed by atoms with Crippen LogP contribution in [0.1, 0.15) is 22.8 Å². The zero-order valence-corrected chi connectivity index (χ0v) is 15.4. The largest absolute Gasteiger partial charge is 0.493 e. The molecule has 1 amide bonds. The second-order valence-corrected chi connectivity index (χ2v) is 5.94. The third-order valence-electron chi connectivity index (χ3n) is 3.66. The molecule has 0 aromatic heterocycles. The number of ether oxygens (including phenoxy) is 2. The summed E-state index contributed by atoms with van der Waals surface area (Å²) < 4.78 is 10.6. The van der Waals surface area contributed by atoms with Crippen LogP contribution in [0.15, 0.2) is 36.4 Å². The van der Waals surface area contributed by atoms with E-state index in [9.17, 15) is 14.9 Å². The van der Waals surface area contributed by atoms with Gasteiger partial charge in [-0.1, -0.05) is 23.7 Å². The average molecular weight is 379 g/mol. The molecule has 0 fully saturated rings. The summed E-state index contributed by atoms with van der Waals surface area (Å²) in [7, 11) is 2.98. The minimum absolute atomic E-state index is 0.0696. The van der Waals surface area contributed by atoms with Gasteiger partial charge in [0.05, 0.1) is 24.7 Å². The summed E-state index contributed by atoms with van der Waals surface area (Å²) in [6, 6.07) is 9.61. The molecule has 0 aliphatic carbocycles. The lowest BCUT2D eigenvalue weighted by Crippen LogP contribution is -2.27. The number of nitro groups is 1. The highest BCUT2D eigenvalue weighted by Gasteiger charge is 2.26. The lowest BCUT2D eigenvalue weighted by Gasteiger charge is -2.18. The van der Waals surface area contributed by atoms with Crippen molar-refractivity contribution in [2.45, 2.75) is 13.5 Å². The Morgan fingerprint density at radius 1 is 1.27 bits per heavy atom. The van der Waals surface area contributed by atoms with E-state index in [1.807, 2.05) is 6.07 Å². The fraction of sp³-hybridized carbons (Fsp3) is 0.278. The number of hydrogen-bond acceptors (Lipinski definition) is 5. The Bertz CT molecular complexity index is 825. The summed E-state index contributed by atoms with van der Waals surface area (Å²) in [6.45, 7) is 2.32. The van der Waals surface area contributed by atoms with Crippen molar-refractivity contribution in [3.8, 4) is 11.5 Å². The van der Waals surface area contributed by atoms with Crippen molar-refractivity contribution in [3.05, 3.63) is 62.7 Å². The van der Waals surface area contributed by atoms with E-state index < -0.39 is 10.8 Å². The number of methoxy groups -OCH3 is 1. The zero-order chi connectivity index (χ0) is 19.3. The van der Waals surface area contributed by atoms with E-state index in [1.54, 1.807) is 32.2 Å². The van der Waals surface area contributed by atoms with E-state index in [-0.39, 0.29) is 29.3 Å². The Labute approximate surface area is 156 Å². The molecule has 0 bridgehead atoms. The summed E-state index contributed by atoms with van der Waals surface area (Å²) in [4.78, 5) is 25.0. The first-order valence-corrected chi connectivity index (χ1v) is 8.24. The maximum atomic E-state index is 12.8. The highest BCUT2D eigenvalue weighted by atomic mass is 35.5. The predicted molar refractivity (Wildman–Crippen MR) is 98.1 cm³/mol. The highest BCUT2D eigenvalue weighted by molar-refractivity contribution is 6.30. The van der Waals surface area contributed by atoms with E-state index in [4.69, 9.17) is 21.1 Å². The van der Waals surface area contributed by atoms with Gasteiger partial charge in [-0.2, -0.15) is 0 Å². The first kappa shape index (κ1) is 19.5. The summed E-state index contributed by atoms with van der Waals surface area (Å²) in [5.74, 6) is -0.0225. The summed E-state index contributed by atoms with van der Waals surface area (Å²) in [5.41, 5.74) is 0.408. The van der Waals surface area contributed by atoms with Gasteiger partial charge in [-0.3, -0.25) is 14.9 Å². The van der Waals surface area contributed by atoms with Crippen LogP contribution in [0.2, 0.25) is 5.02 Å². The molecule has 0 atom stereocenters. The Kier molecular flexibility index (Phi) is 6.41.